The van der Waals surface area contributed by atoms with Gasteiger partial charge in [0, 0.05) is 6.42 Å². The van der Waals surface area contributed by atoms with Gasteiger partial charge in [-0.3, -0.25) is 9.59 Å². The van der Waals surface area contributed by atoms with Crippen molar-refractivity contribution in [3.63, 3.8) is 0 Å². The van der Waals surface area contributed by atoms with Crippen LogP contribution in [0.1, 0.15) is 61.8 Å². The highest BCUT2D eigenvalue weighted by atomic mass is 16.6. The van der Waals surface area contributed by atoms with Crippen molar-refractivity contribution < 1.29 is 47.7 Å². The van der Waals surface area contributed by atoms with E-state index >= 15 is 0 Å². The van der Waals surface area contributed by atoms with E-state index in [4.69, 9.17) is 23.7 Å². The Morgan fingerprint density at radius 1 is 0.719 bits per heavy atom. The van der Waals surface area contributed by atoms with E-state index in [1.807, 2.05) is 0 Å². The first-order valence-electron chi connectivity index (χ1n) is 10.2. The molecule has 0 saturated heterocycles. The second-order valence-corrected chi connectivity index (χ2v) is 8.66. The van der Waals surface area contributed by atoms with Gasteiger partial charge in [-0.15, -0.1) is 0 Å². The number of hydrogen-bond donors (Lipinski definition) is 0. The summed E-state index contributed by atoms with van der Waals surface area (Å²) < 4.78 is 25.1. The van der Waals surface area contributed by atoms with Gasteiger partial charge in [0.15, 0.2) is 5.92 Å². The van der Waals surface area contributed by atoms with E-state index in [0.29, 0.717) is 4.90 Å². The molecule has 1 atom stereocenters. The van der Waals surface area contributed by atoms with Crippen LogP contribution in [0.4, 0.5) is 9.59 Å². The maximum Gasteiger partial charge on any atom is 0.420 e. The molecule has 0 fully saturated rings. The number of nitrogens with zero attached hydrogens (tertiary/aromatic N) is 1. The summed E-state index contributed by atoms with van der Waals surface area (Å²) in [4.78, 5) is 63.6. The second kappa shape index (κ2) is 12.3. The van der Waals surface area contributed by atoms with Crippen molar-refractivity contribution in [2.45, 2.75) is 79.1 Å². The number of esters is 3. The van der Waals surface area contributed by atoms with Crippen LogP contribution in [0.15, 0.2) is 0 Å². The van der Waals surface area contributed by atoms with Crippen LogP contribution in [-0.4, -0.2) is 72.6 Å². The highest BCUT2D eigenvalue weighted by Crippen LogP contribution is 2.23. The molecular formula is C21H35NO10. The van der Waals surface area contributed by atoms with E-state index in [2.05, 4.69) is 0 Å². The van der Waals surface area contributed by atoms with Gasteiger partial charge in [-0.1, -0.05) is 0 Å². The lowest BCUT2D eigenvalue weighted by Crippen LogP contribution is -2.53. The lowest BCUT2D eigenvalue weighted by molar-refractivity contribution is -0.163. The Labute approximate surface area is 188 Å². The predicted octanol–water partition coefficient (Wildman–Crippen LogP) is 2.83. The van der Waals surface area contributed by atoms with Crippen molar-refractivity contribution in [1.82, 2.24) is 4.90 Å². The highest BCUT2D eigenvalue weighted by Gasteiger charge is 2.45. The van der Waals surface area contributed by atoms with Crippen LogP contribution >= 0.6 is 0 Å². The summed E-state index contributed by atoms with van der Waals surface area (Å²) in [6.07, 6.45) is -3.08. The standard InChI is InChI=1S/C21H35NO10/c1-10-29-15(23)13(16(24)30-11-2)12-14(17(25)28-9)22(18(26)31-20(3,4)5)19(27)32-21(6,7)8/h13-14H,10-12H2,1-9H3/t14-/m0/s1. The molecule has 0 spiro atoms. The fourth-order valence-corrected chi connectivity index (χ4v) is 2.39. The molecule has 0 aromatic rings. The molecule has 184 valence electrons. The van der Waals surface area contributed by atoms with E-state index in [-0.39, 0.29) is 13.2 Å². The van der Waals surface area contributed by atoms with E-state index in [9.17, 15) is 24.0 Å². The average molecular weight is 462 g/mol. The molecule has 0 aromatic carbocycles. The first kappa shape index (κ1) is 29.1. The molecule has 0 aromatic heterocycles. The molecule has 0 unspecified atom stereocenters. The third-order valence-electron chi connectivity index (χ3n) is 3.57. The summed E-state index contributed by atoms with van der Waals surface area (Å²) >= 11 is 0. The first-order valence-corrected chi connectivity index (χ1v) is 10.2. The number of ether oxygens (including phenoxy) is 5. The molecule has 32 heavy (non-hydrogen) atoms. The minimum Gasteiger partial charge on any atom is -0.467 e. The summed E-state index contributed by atoms with van der Waals surface area (Å²) in [5.74, 6) is -4.63. The van der Waals surface area contributed by atoms with Crippen LogP contribution in [0.25, 0.3) is 0 Å². The molecule has 11 nitrogen and oxygen atoms in total. The van der Waals surface area contributed by atoms with Crippen molar-refractivity contribution in [3.8, 4) is 0 Å². The number of hydrogen-bond acceptors (Lipinski definition) is 10. The molecule has 2 amide bonds. The van der Waals surface area contributed by atoms with Gasteiger partial charge in [0.1, 0.15) is 17.2 Å². The fraction of sp³-hybridized carbons (Fsp3) is 0.762. The molecule has 0 aliphatic rings. The van der Waals surface area contributed by atoms with Crippen LogP contribution in [0, 0.1) is 5.92 Å². The molecule has 11 heteroatoms. The third-order valence-corrected chi connectivity index (χ3v) is 3.57. The van der Waals surface area contributed by atoms with Gasteiger partial charge in [0.2, 0.25) is 0 Å². The summed E-state index contributed by atoms with van der Waals surface area (Å²) in [7, 11) is 1.03. The van der Waals surface area contributed by atoms with Crippen LogP contribution in [0.2, 0.25) is 0 Å². The molecule has 0 aliphatic carbocycles. The SMILES string of the molecule is CCOC(=O)C(C[C@@H](C(=O)OC)N(C(=O)OC(C)(C)C)C(=O)OC(C)(C)C)C(=O)OCC. The van der Waals surface area contributed by atoms with Crippen LogP contribution in [0.3, 0.4) is 0 Å². The highest BCUT2D eigenvalue weighted by molar-refractivity contribution is 5.98. The van der Waals surface area contributed by atoms with Crippen LogP contribution in [0.5, 0.6) is 0 Å². The van der Waals surface area contributed by atoms with Crippen molar-refractivity contribution in [2.24, 2.45) is 5.92 Å². The van der Waals surface area contributed by atoms with E-state index in [1.54, 1.807) is 41.5 Å². The van der Waals surface area contributed by atoms with Crippen molar-refractivity contribution in [2.75, 3.05) is 20.3 Å². The van der Waals surface area contributed by atoms with E-state index in [0.717, 1.165) is 7.11 Å². The smallest absolute Gasteiger partial charge is 0.420 e. The molecular weight excluding hydrogens is 426 g/mol. The average Bonchev–Trinajstić information content (AvgIpc) is 2.61. The largest absolute Gasteiger partial charge is 0.467 e. The van der Waals surface area contributed by atoms with Crippen molar-refractivity contribution in [1.29, 1.82) is 0 Å². The van der Waals surface area contributed by atoms with E-state index < -0.39 is 59.7 Å². The third kappa shape index (κ3) is 9.97. The normalized spacial score (nSPS) is 12.4. The number of methoxy groups -OCH3 is 1. The molecule has 0 saturated carbocycles. The van der Waals surface area contributed by atoms with Crippen LogP contribution in [-0.2, 0) is 38.1 Å². The molecule has 0 N–H and O–H groups in total. The number of rotatable bonds is 8. The molecule has 0 bridgehead atoms. The fourth-order valence-electron chi connectivity index (χ4n) is 2.39. The number of imide groups is 1. The molecule has 0 aliphatic heterocycles. The van der Waals surface area contributed by atoms with Crippen LogP contribution < -0.4 is 0 Å². The Hall–Kier alpha value is -2.85. The van der Waals surface area contributed by atoms with Gasteiger partial charge < -0.3 is 23.7 Å². The zero-order chi connectivity index (χ0) is 25.3. The van der Waals surface area contributed by atoms with E-state index in [1.165, 1.54) is 13.8 Å². The number of carbonyl (C=O) groups excluding carboxylic acids is 5. The van der Waals surface area contributed by atoms with Gasteiger partial charge in [-0.05, 0) is 55.4 Å². The maximum absolute atomic E-state index is 12.9. The Kier molecular flexibility index (Phi) is 11.2. The summed E-state index contributed by atoms with van der Waals surface area (Å²) in [5.41, 5.74) is -2.06. The molecule has 0 radical (unpaired) electrons. The van der Waals surface area contributed by atoms with Gasteiger partial charge in [-0.2, -0.15) is 4.90 Å². The van der Waals surface area contributed by atoms with Crippen molar-refractivity contribution >= 4 is 30.1 Å². The molecule has 0 heterocycles. The Bertz CT molecular complexity index is 644. The number of carbonyl (C=O) groups is 5. The van der Waals surface area contributed by atoms with Gasteiger partial charge in [0.25, 0.3) is 0 Å². The maximum atomic E-state index is 12.9. The quantitative estimate of drug-likeness (QED) is 0.301. The minimum absolute atomic E-state index is 0.0422. The second-order valence-electron chi connectivity index (χ2n) is 8.66. The zero-order valence-corrected chi connectivity index (χ0v) is 20.3. The predicted molar refractivity (Wildman–Crippen MR) is 111 cm³/mol. The first-order chi connectivity index (χ1) is 14.6. The molecule has 0 rings (SSSR count). The summed E-state index contributed by atoms with van der Waals surface area (Å²) in [6, 6.07) is -1.73. The van der Waals surface area contributed by atoms with Crippen molar-refractivity contribution in [3.05, 3.63) is 0 Å². The zero-order valence-electron chi connectivity index (χ0n) is 20.3. The Balaban J connectivity index is 6.37. The lowest BCUT2D eigenvalue weighted by atomic mass is 9.99. The van der Waals surface area contributed by atoms with Gasteiger partial charge in [0.05, 0.1) is 20.3 Å². The van der Waals surface area contributed by atoms with Gasteiger partial charge >= 0.3 is 30.1 Å². The Morgan fingerprint density at radius 2 is 1.09 bits per heavy atom. The minimum atomic E-state index is -1.73. The topological polar surface area (TPSA) is 135 Å². The monoisotopic (exact) mass is 461 g/mol. The summed E-state index contributed by atoms with van der Waals surface area (Å²) in [5, 5.41) is 0. The Morgan fingerprint density at radius 3 is 1.38 bits per heavy atom. The van der Waals surface area contributed by atoms with Gasteiger partial charge in [-0.25, -0.2) is 14.4 Å². The lowest BCUT2D eigenvalue weighted by Gasteiger charge is -2.33. The summed E-state index contributed by atoms with van der Waals surface area (Å²) in [6.45, 7) is 12.3. The number of amides is 2.